The molecule has 0 bridgehead atoms. The number of nitrogens with zero attached hydrogens (tertiary/aromatic N) is 2. The predicted molar refractivity (Wildman–Crippen MR) is 103 cm³/mol. The highest BCUT2D eigenvalue weighted by molar-refractivity contribution is 7.19. The third-order valence-corrected chi connectivity index (χ3v) is 4.58. The van der Waals surface area contributed by atoms with Crippen LogP contribution in [0.2, 0.25) is 0 Å². The van der Waals surface area contributed by atoms with Gasteiger partial charge in [-0.2, -0.15) is 0 Å². The van der Waals surface area contributed by atoms with Crippen LogP contribution in [0.1, 0.15) is 16.9 Å². The number of pyridine rings is 1. The molecule has 146 valence electrons. The standard InChI is InChI=1S/C18H17F2N5O2S/c19-10-3-1-4-11(20)14(10)18-25-15(16(22)28-18)17(26)24-12-9-23-7-5-13(12)27-8-2-6-21/h1,3-5,7,9H,2,6,8,21-22H2,(H,24,26). The average Bonchev–Trinajstić information content (AvgIpc) is 3.04. The van der Waals surface area contributed by atoms with Gasteiger partial charge in [-0.15, -0.1) is 0 Å². The zero-order valence-electron chi connectivity index (χ0n) is 14.6. The first-order valence-electron chi connectivity index (χ1n) is 8.30. The molecule has 10 heteroatoms. The maximum Gasteiger partial charge on any atom is 0.277 e. The van der Waals surface area contributed by atoms with E-state index in [-0.39, 0.29) is 21.3 Å². The number of halogens is 2. The van der Waals surface area contributed by atoms with Crippen LogP contribution in [0.4, 0.5) is 19.5 Å². The number of carbonyl (C=O) groups excluding carboxylic acids is 1. The van der Waals surface area contributed by atoms with Crippen molar-refractivity contribution in [3.8, 4) is 16.3 Å². The summed E-state index contributed by atoms with van der Waals surface area (Å²) < 4.78 is 33.5. The first-order valence-corrected chi connectivity index (χ1v) is 9.11. The van der Waals surface area contributed by atoms with Crippen molar-refractivity contribution in [2.45, 2.75) is 6.42 Å². The zero-order chi connectivity index (χ0) is 20.1. The lowest BCUT2D eigenvalue weighted by atomic mass is 10.2. The van der Waals surface area contributed by atoms with Crippen LogP contribution in [-0.2, 0) is 0 Å². The van der Waals surface area contributed by atoms with Gasteiger partial charge in [0.15, 0.2) is 5.69 Å². The van der Waals surface area contributed by atoms with Crippen LogP contribution in [-0.4, -0.2) is 29.0 Å². The van der Waals surface area contributed by atoms with Crippen molar-refractivity contribution in [2.75, 3.05) is 24.2 Å². The number of nitrogens with one attached hydrogen (secondary N) is 1. The summed E-state index contributed by atoms with van der Waals surface area (Å²) in [7, 11) is 0. The highest BCUT2D eigenvalue weighted by Crippen LogP contribution is 2.34. The average molecular weight is 405 g/mol. The number of hydrogen-bond donors (Lipinski definition) is 3. The summed E-state index contributed by atoms with van der Waals surface area (Å²) in [6.45, 7) is 0.844. The summed E-state index contributed by atoms with van der Waals surface area (Å²) in [6, 6.07) is 5.05. The van der Waals surface area contributed by atoms with Crippen molar-refractivity contribution in [2.24, 2.45) is 5.73 Å². The SMILES string of the molecule is NCCCOc1ccncc1NC(=O)c1nc(-c2c(F)cccc2F)sc1N. The van der Waals surface area contributed by atoms with Gasteiger partial charge < -0.3 is 21.5 Å². The van der Waals surface area contributed by atoms with Crippen LogP contribution < -0.4 is 21.5 Å². The number of thiazole rings is 1. The van der Waals surface area contributed by atoms with Gasteiger partial charge in [0.1, 0.15) is 33.1 Å². The van der Waals surface area contributed by atoms with Crippen LogP contribution in [0.5, 0.6) is 5.75 Å². The zero-order valence-corrected chi connectivity index (χ0v) is 15.4. The third-order valence-electron chi connectivity index (χ3n) is 3.68. The molecule has 0 spiro atoms. The summed E-state index contributed by atoms with van der Waals surface area (Å²) in [4.78, 5) is 20.6. The Bertz CT molecular complexity index is 976. The number of aromatic nitrogens is 2. The Morgan fingerprint density at radius 3 is 2.71 bits per heavy atom. The second-order valence-electron chi connectivity index (χ2n) is 5.65. The molecule has 28 heavy (non-hydrogen) atoms. The number of amides is 1. The Labute approximate surface area is 163 Å². The normalized spacial score (nSPS) is 10.7. The number of hydrogen-bond acceptors (Lipinski definition) is 7. The maximum atomic E-state index is 14.0. The molecule has 1 amide bonds. The molecule has 0 saturated heterocycles. The topological polar surface area (TPSA) is 116 Å². The number of nitrogen functional groups attached to an aromatic ring is 1. The number of benzene rings is 1. The van der Waals surface area contributed by atoms with Crippen molar-refractivity contribution in [3.05, 3.63) is 54.0 Å². The fourth-order valence-electron chi connectivity index (χ4n) is 2.35. The monoisotopic (exact) mass is 405 g/mol. The number of anilines is 2. The molecule has 0 fully saturated rings. The fourth-order valence-corrected chi connectivity index (χ4v) is 3.23. The van der Waals surface area contributed by atoms with Gasteiger partial charge in [-0.3, -0.25) is 9.78 Å². The van der Waals surface area contributed by atoms with Crippen molar-refractivity contribution >= 4 is 27.9 Å². The van der Waals surface area contributed by atoms with E-state index >= 15 is 0 Å². The largest absolute Gasteiger partial charge is 0.491 e. The summed E-state index contributed by atoms with van der Waals surface area (Å²) in [6.07, 6.45) is 3.58. The molecule has 2 aromatic heterocycles. The minimum atomic E-state index is -0.788. The van der Waals surface area contributed by atoms with Crippen LogP contribution in [0.25, 0.3) is 10.6 Å². The van der Waals surface area contributed by atoms with Gasteiger partial charge in [-0.1, -0.05) is 17.4 Å². The number of rotatable bonds is 7. The lowest BCUT2D eigenvalue weighted by Gasteiger charge is -2.11. The molecule has 0 saturated carbocycles. The molecule has 0 atom stereocenters. The van der Waals surface area contributed by atoms with Gasteiger partial charge in [0.25, 0.3) is 5.91 Å². The van der Waals surface area contributed by atoms with E-state index in [1.807, 2.05) is 0 Å². The predicted octanol–water partition coefficient (Wildman–Crippen LogP) is 3.05. The van der Waals surface area contributed by atoms with Crippen molar-refractivity contribution in [1.29, 1.82) is 0 Å². The van der Waals surface area contributed by atoms with Crippen LogP contribution >= 0.6 is 11.3 Å². The molecule has 3 aromatic rings. The Hall–Kier alpha value is -3.11. The Morgan fingerprint density at radius 2 is 2.00 bits per heavy atom. The second kappa shape index (κ2) is 8.72. The van der Waals surface area contributed by atoms with E-state index < -0.39 is 17.5 Å². The number of ether oxygens (including phenoxy) is 1. The molecule has 0 radical (unpaired) electrons. The van der Waals surface area contributed by atoms with E-state index in [1.165, 1.54) is 18.5 Å². The highest BCUT2D eigenvalue weighted by atomic mass is 32.1. The van der Waals surface area contributed by atoms with Crippen LogP contribution in [0.15, 0.2) is 36.7 Å². The molecule has 2 heterocycles. The quantitative estimate of drug-likeness (QED) is 0.520. The fraction of sp³-hybridized carbons (Fsp3) is 0.167. The number of nitrogens with two attached hydrogens (primary N) is 2. The molecule has 0 unspecified atom stereocenters. The van der Waals surface area contributed by atoms with E-state index in [4.69, 9.17) is 16.2 Å². The molecule has 0 aliphatic rings. The van der Waals surface area contributed by atoms with Crippen molar-refractivity contribution < 1.29 is 18.3 Å². The first-order chi connectivity index (χ1) is 13.5. The highest BCUT2D eigenvalue weighted by Gasteiger charge is 2.22. The van der Waals surface area contributed by atoms with E-state index in [0.29, 0.717) is 31.0 Å². The van der Waals surface area contributed by atoms with Gasteiger partial charge in [0, 0.05) is 12.3 Å². The maximum absolute atomic E-state index is 14.0. The second-order valence-corrected chi connectivity index (χ2v) is 6.68. The molecule has 3 rings (SSSR count). The van der Waals surface area contributed by atoms with Crippen molar-refractivity contribution in [3.63, 3.8) is 0 Å². The van der Waals surface area contributed by atoms with E-state index in [1.54, 1.807) is 6.07 Å². The van der Waals surface area contributed by atoms with Crippen molar-refractivity contribution in [1.82, 2.24) is 9.97 Å². The Kier molecular flexibility index (Phi) is 6.12. The van der Waals surface area contributed by atoms with Gasteiger partial charge in [0.2, 0.25) is 0 Å². The smallest absolute Gasteiger partial charge is 0.277 e. The summed E-state index contributed by atoms with van der Waals surface area (Å²) in [5, 5.41) is 2.62. The molecular formula is C18H17F2N5O2S. The lowest BCUT2D eigenvalue weighted by Crippen LogP contribution is -2.15. The molecule has 5 N–H and O–H groups in total. The summed E-state index contributed by atoms with van der Waals surface area (Å²) >= 11 is 0.821. The minimum absolute atomic E-state index is 0.0242. The van der Waals surface area contributed by atoms with Gasteiger partial charge in [-0.25, -0.2) is 13.8 Å². The minimum Gasteiger partial charge on any atom is -0.491 e. The molecule has 0 aliphatic carbocycles. The summed E-state index contributed by atoms with van der Waals surface area (Å²) in [5.74, 6) is -1.81. The molecule has 7 nitrogen and oxygen atoms in total. The Balaban J connectivity index is 1.84. The third kappa shape index (κ3) is 4.24. The van der Waals surface area contributed by atoms with E-state index in [9.17, 15) is 13.6 Å². The molecular weight excluding hydrogens is 388 g/mol. The van der Waals surface area contributed by atoms with E-state index in [2.05, 4.69) is 15.3 Å². The van der Waals surface area contributed by atoms with Gasteiger partial charge >= 0.3 is 0 Å². The lowest BCUT2D eigenvalue weighted by molar-refractivity contribution is 0.102. The van der Waals surface area contributed by atoms with Gasteiger partial charge in [0.05, 0.1) is 18.4 Å². The first kappa shape index (κ1) is 19.6. The van der Waals surface area contributed by atoms with Crippen LogP contribution in [0, 0.1) is 11.6 Å². The Morgan fingerprint density at radius 1 is 1.25 bits per heavy atom. The van der Waals surface area contributed by atoms with Crippen LogP contribution in [0.3, 0.4) is 0 Å². The van der Waals surface area contributed by atoms with E-state index in [0.717, 1.165) is 23.5 Å². The van der Waals surface area contributed by atoms with Gasteiger partial charge in [-0.05, 0) is 25.1 Å². The molecule has 1 aromatic carbocycles. The summed E-state index contributed by atoms with van der Waals surface area (Å²) in [5.41, 5.74) is 11.1. The molecule has 0 aliphatic heterocycles. The number of carbonyl (C=O) groups is 1.